The average molecular weight is 652 g/mol. The molecule has 0 aliphatic heterocycles. The van der Waals surface area contributed by atoms with Gasteiger partial charge >= 0.3 is 0 Å². The number of para-hydroxylation sites is 3. The largest absolute Gasteiger partial charge is 0.454 e. The summed E-state index contributed by atoms with van der Waals surface area (Å²) in [6.07, 6.45) is 1.83. The van der Waals surface area contributed by atoms with E-state index in [0.717, 1.165) is 44.5 Å². The normalized spacial score (nSPS) is 11.9. The van der Waals surface area contributed by atoms with Gasteiger partial charge in [0.15, 0.2) is 5.58 Å². The molecule has 238 valence electrons. The van der Waals surface area contributed by atoms with Crippen LogP contribution in [0.3, 0.4) is 0 Å². The Balaban J connectivity index is 1.24. The summed E-state index contributed by atoms with van der Waals surface area (Å²) < 4.78 is 10.9. The molecule has 4 heterocycles. The fourth-order valence-electron chi connectivity index (χ4n) is 8.20. The molecule has 0 unspecified atom stereocenters. The molecule has 51 heavy (non-hydrogen) atoms. The minimum atomic E-state index is 0.798. The number of nitrogens with zero attached hydrogens (tertiary/aromatic N) is 3. The van der Waals surface area contributed by atoms with E-state index in [1.807, 2.05) is 18.3 Å². The van der Waals surface area contributed by atoms with E-state index in [-0.39, 0.29) is 0 Å². The van der Waals surface area contributed by atoms with E-state index >= 15 is 0 Å². The second-order valence-electron chi connectivity index (χ2n) is 13.2. The van der Waals surface area contributed by atoms with Crippen LogP contribution in [0.25, 0.3) is 99.3 Å². The van der Waals surface area contributed by atoms with Crippen LogP contribution in [0.5, 0.6) is 0 Å². The lowest BCUT2D eigenvalue weighted by Gasteiger charge is -2.15. The molecule has 7 aromatic carbocycles. The molecule has 4 heteroatoms. The molecule has 0 spiro atoms. The quantitative estimate of drug-likeness (QED) is 0.190. The maximum atomic E-state index is 6.15. The summed E-state index contributed by atoms with van der Waals surface area (Å²) in [6, 6.07) is 60.9. The molecule has 4 aromatic heterocycles. The zero-order valence-corrected chi connectivity index (χ0v) is 27.5. The number of fused-ring (bicyclic) bond motifs is 9. The minimum absolute atomic E-state index is 0.798. The smallest absolute Gasteiger partial charge is 0.153 e. The van der Waals surface area contributed by atoms with Crippen molar-refractivity contribution in [1.82, 2.24) is 14.1 Å². The number of pyridine rings is 1. The minimum Gasteiger partial charge on any atom is -0.454 e. The Hall–Kier alpha value is -6.91. The maximum Gasteiger partial charge on any atom is 0.153 e. The Kier molecular flexibility index (Phi) is 5.92. The summed E-state index contributed by atoms with van der Waals surface area (Å²) in [7, 11) is 0. The molecule has 0 radical (unpaired) electrons. The molecule has 0 fully saturated rings. The molecule has 0 saturated heterocycles. The van der Waals surface area contributed by atoms with Gasteiger partial charge in [-0.2, -0.15) is 0 Å². The number of hydrogen-bond acceptors (Lipinski definition) is 2. The Labute approximate surface area is 293 Å². The molecular formula is C47H29N3O. The topological polar surface area (TPSA) is 35.9 Å². The standard InChI is InChI=1S/C47H29N3O/c1-3-13-30(14-4-1)36-29-43-38(33-17-7-9-20-40(33)49(43)31-15-5-2-6-16-31)28-37(36)34-19-11-22-42-46(34)35-18-8-10-21-41(35)50(42)32-24-25-44-39(27-32)47-45(51-44)23-12-26-48-47/h1-29H. The van der Waals surface area contributed by atoms with Crippen molar-refractivity contribution in [3.8, 4) is 33.6 Å². The number of aromatic nitrogens is 3. The number of furan rings is 1. The van der Waals surface area contributed by atoms with Gasteiger partial charge in [0.25, 0.3) is 0 Å². The highest BCUT2D eigenvalue weighted by Crippen LogP contribution is 2.45. The lowest BCUT2D eigenvalue weighted by molar-refractivity contribution is 0.668. The molecule has 0 bridgehead atoms. The van der Waals surface area contributed by atoms with Crippen LogP contribution in [0, 0.1) is 0 Å². The van der Waals surface area contributed by atoms with Gasteiger partial charge in [-0.05, 0) is 95.1 Å². The van der Waals surface area contributed by atoms with Crippen molar-refractivity contribution in [3.05, 3.63) is 176 Å². The Bertz CT molecular complexity index is 3130. The van der Waals surface area contributed by atoms with Gasteiger partial charge in [-0.1, -0.05) is 97.1 Å². The third kappa shape index (κ3) is 4.11. The van der Waals surface area contributed by atoms with Gasteiger partial charge in [-0.15, -0.1) is 0 Å². The molecule has 0 amide bonds. The summed E-state index contributed by atoms with van der Waals surface area (Å²) in [6.45, 7) is 0. The van der Waals surface area contributed by atoms with Gasteiger partial charge in [0.1, 0.15) is 11.1 Å². The number of hydrogen-bond donors (Lipinski definition) is 0. The zero-order chi connectivity index (χ0) is 33.5. The zero-order valence-electron chi connectivity index (χ0n) is 27.5. The average Bonchev–Trinajstić information content (AvgIpc) is 3.85. The van der Waals surface area contributed by atoms with Crippen LogP contribution in [0.4, 0.5) is 0 Å². The maximum absolute atomic E-state index is 6.15. The summed E-state index contributed by atoms with van der Waals surface area (Å²) in [5.41, 5.74) is 14.2. The number of benzene rings is 7. The van der Waals surface area contributed by atoms with E-state index in [4.69, 9.17) is 4.42 Å². The van der Waals surface area contributed by atoms with E-state index in [1.54, 1.807) is 0 Å². The fraction of sp³-hybridized carbons (Fsp3) is 0. The Morgan fingerprint density at radius 3 is 1.94 bits per heavy atom. The van der Waals surface area contributed by atoms with Crippen molar-refractivity contribution < 1.29 is 4.42 Å². The van der Waals surface area contributed by atoms with Crippen LogP contribution in [0.2, 0.25) is 0 Å². The van der Waals surface area contributed by atoms with Crippen LogP contribution in [0.1, 0.15) is 0 Å². The molecular weight excluding hydrogens is 623 g/mol. The summed E-state index contributed by atoms with van der Waals surface area (Å²) >= 11 is 0. The lowest BCUT2D eigenvalue weighted by Crippen LogP contribution is -1.95. The highest BCUT2D eigenvalue weighted by molar-refractivity contribution is 6.19. The van der Waals surface area contributed by atoms with Crippen LogP contribution >= 0.6 is 0 Å². The molecule has 0 N–H and O–H groups in total. The van der Waals surface area contributed by atoms with Gasteiger partial charge in [-0.3, -0.25) is 4.98 Å². The van der Waals surface area contributed by atoms with Crippen molar-refractivity contribution in [2.24, 2.45) is 0 Å². The molecule has 11 rings (SSSR count). The van der Waals surface area contributed by atoms with Gasteiger partial charge in [-0.25, -0.2) is 0 Å². The van der Waals surface area contributed by atoms with E-state index in [1.165, 1.54) is 54.8 Å². The third-order valence-corrected chi connectivity index (χ3v) is 10.4. The first-order chi connectivity index (χ1) is 25.3. The first kappa shape index (κ1) is 28.0. The third-order valence-electron chi connectivity index (χ3n) is 10.4. The van der Waals surface area contributed by atoms with Crippen molar-refractivity contribution in [2.75, 3.05) is 0 Å². The van der Waals surface area contributed by atoms with Crippen molar-refractivity contribution >= 4 is 65.7 Å². The van der Waals surface area contributed by atoms with E-state index in [9.17, 15) is 0 Å². The fourth-order valence-corrected chi connectivity index (χ4v) is 8.20. The van der Waals surface area contributed by atoms with E-state index in [2.05, 4.69) is 172 Å². The van der Waals surface area contributed by atoms with Crippen LogP contribution in [-0.2, 0) is 0 Å². The predicted molar refractivity (Wildman–Crippen MR) is 211 cm³/mol. The summed E-state index contributed by atoms with van der Waals surface area (Å²) in [4.78, 5) is 4.67. The molecule has 0 aliphatic rings. The molecule has 4 nitrogen and oxygen atoms in total. The second kappa shape index (κ2) is 10.8. The molecule has 0 atom stereocenters. The van der Waals surface area contributed by atoms with E-state index < -0.39 is 0 Å². The van der Waals surface area contributed by atoms with Gasteiger partial charge < -0.3 is 13.6 Å². The first-order valence-electron chi connectivity index (χ1n) is 17.3. The SMILES string of the molecule is c1ccc(-c2cc3c(cc2-c2cccc4c2c2ccccc2n4-c2ccc4oc5cccnc5c4c2)c2ccccc2n3-c2ccccc2)cc1. The van der Waals surface area contributed by atoms with E-state index in [0.29, 0.717) is 0 Å². The Morgan fingerprint density at radius 1 is 0.392 bits per heavy atom. The summed E-state index contributed by atoms with van der Waals surface area (Å²) in [5, 5.41) is 5.92. The van der Waals surface area contributed by atoms with Crippen LogP contribution < -0.4 is 0 Å². The van der Waals surface area contributed by atoms with Gasteiger partial charge in [0, 0.05) is 44.5 Å². The predicted octanol–water partition coefficient (Wildman–Crippen LogP) is 12.5. The first-order valence-corrected chi connectivity index (χ1v) is 17.3. The molecule has 0 aliphatic carbocycles. The van der Waals surface area contributed by atoms with Crippen molar-refractivity contribution in [2.45, 2.75) is 0 Å². The molecule has 0 saturated carbocycles. The second-order valence-corrected chi connectivity index (χ2v) is 13.2. The van der Waals surface area contributed by atoms with Gasteiger partial charge in [0.2, 0.25) is 0 Å². The number of rotatable bonds is 4. The van der Waals surface area contributed by atoms with Gasteiger partial charge in [0.05, 0.1) is 22.1 Å². The van der Waals surface area contributed by atoms with Crippen molar-refractivity contribution in [1.29, 1.82) is 0 Å². The molecule has 11 aromatic rings. The van der Waals surface area contributed by atoms with Crippen molar-refractivity contribution in [3.63, 3.8) is 0 Å². The van der Waals surface area contributed by atoms with Crippen LogP contribution in [0.15, 0.2) is 180 Å². The highest BCUT2D eigenvalue weighted by Gasteiger charge is 2.22. The van der Waals surface area contributed by atoms with Crippen LogP contribution in [-0.4, -0.2) is 14.1 Å². The highest BCUT2D eigenvalue weighted by atomic mass is 16.3. The monoisotopic (exact) mass is 651 g/mol. The summed E-state index contributed by atoms with van der Waals surface area (Å²) in [5.74, 6) is 0. The Morgan fingerprint density at radius 2 is 1.10 bits per heavy atom. The lowest BCUT2D eigenvalue weighted by atomic mass is 9.90.